The van der Waals surface area contributed by atoms with Crippen LogP contribution in [0.2, 0.25) is 0 Å². The Kier molecular flexibility index (Phi) is 31.3. The minimum atomic E-state index is -0.134. The highest BCUT2D eigenvalue weighted by molar-refractivity contribution is 4.87. The Labute approximate surface area is 318 Å². The first-order valence-electron chi connectivity index (χ1n) is 19.5. The van der Waals surface area contributed by atoms with E-state index in [-0.39, 0.29) is 22.3 Å². The van der Waals surface area contributed by atoms with Crippen molar-refractivity contribution in [3.63, 3.8) is 0 Å². The van der Waals surface area contributed by atoms with E-state index in [4.69, 9.17) is 52.1 Å². The van der Waals surface area contributed by atoms with Crippen LogP contribution in [0.4, 0.5) is 0 Å². The van der Waals surface area contributed by atoms with Gasteiger partial charge in [-0.3, -0.25) is 4.90 Å². The second kappa shape index (κ2) is 31.7. The van der Waals surface area contributed by atoms with E-state index in [0.29, 0.717) is 132 Å². The normalized spacial score (nSPS) is 13.2. The molecule has 0 aliphatic carbocycles. The lowest BCUT2D eigenvalue weighted by atomic mass is 9.99. The molecule has 0 aliphatic rings. The van der Waals surface area contributed by atoms with Crippen LogP contribution in [0.25, 0.3) is 0 Å². The van der Waals surface area contributed by atoms with Gasteiger partial charge >= 0.3 is 0 Å². The number of nitrogens with one attached hydrogen (secondary N) is 1. The lowest BCUT2D eigenvalue weighted by Crippen LogP contribution is -2.55. The largest absolute Gasteiger partial charge is 0.379 e. The Morgan fingerprint density at radius 3 is 1.02 bits per heavy atom. The molecule has 0 aromatic heterocycles. The average molecular weight is 755 g/mol. The van der Waals surface area contributed by atoms with Crippen molar-refractivity contribution in [2.24, 2.45) is 0 Å². The van der Waals surface area contributed by atoms with Gasteiger partial charge in [-0.05, 0) is 82.6 Å². The van der Waals surface area contributed by atoms with Gasteiger partial charge in [-0.25, -0.2) is 0 Å². The Morgan fingerprint density at radius 2 is 0.673 bits per heavy atom. The molecule has 1 N–H and O–H groups in total. The molecule has 0 atom stereocenters. The van der Waals surface area contributed by atoms with Crippen LogP contribution < -0.4 is 5.32 Å². The second-order valence-electron chi connectivity index (χ2n) is 16.2. The Bertz CT molecular complexity index is 771. The van der Waals surface area contributed by atoms with Crippen molar-refractivity contribution < 1.29 is 52.1 Å². The van der Waals surface area contributed by atoms with Crippen molar-refractivity contribution in [3.05, 3.63) is 0 Å². The SMILES string of the molecule is CC(C)(CN(CCOCCOCCOCCOCCOCCOC(C)(C)C)C(C)(C)C)NCCOCCOCCCOCCOCCOC(C)(C)C. The zero-order valence-electron chi connectivity index (χ0n) is 35.4. The maximum Gasteiger partial charge on any atom is 0.0707 e. The van der Waals surface area contributed by atoms with Gasteiger partial charge in [-0.2, -0.15) is 0 Å². The molecule has 0 aliphatic heterocycles. The van der Waals surface area contributed by atoms with Gasteiger partial charge in [0, 0.05) is 43.9 Å². The van der Waals surface area contributed by atoms with Crippen LogP contribution in [0.3, 0.4) is 0 Å². The van der Waals surface area contributed by atoms with Crippen LogP contribution in [-0.4, -0.2) is 179 Å². The van der Waals surface area contributed by atoms with Crippen LogP contribution >= 0.6 is 0 Å². The Morgan fingerprint density at radius 1 is 0.365 bits per heavy atom. The minimum absolute atomic E-state index is 0.0158. The summed E-state index contributed by atoms with van der Waals surface area (Å²) in [6, 6.07) is 0. The summed E-state index contributed by atoms with van der Waals surface area (Å²) in [6.07, 6.45) is 0.853. The summed E-state index contributed by atoms with van der Waals surface area (Å²) in [7, 11) is 0. The molecular formula is C39H82N2O11. The van der Waals surface area contributed by atoms with Gasteiger partial charge in [0.15, 0.2) is 0 Å². The maximum atomic E-state index is 5.88. The third-order valence-corrected chi connectivity index (χ3v) is 7.23. The number of rotatable bonds is 37. The number of hydrogen-bond donors (Lipinski definition) is 1. The zero-order valence-corrected chi connectivity index (χ0v) is 35.4. The van der Waals surface area contributed by atoms with E-state index in [0.717, 1.165) is 26.1 Å². The molecule has 0 rings (SSSR count). The van der Waals surface area contributed by atoms with Crippen molar-refractivity contribution in [1.29, 1.82) is 0 Å². The van der Waals surface area contributed by atoms with Crippen LogP contribution in [0.5, 0.6) is 0 Å². The maximum absolute atomic E-state index is 5.88. The molecule has 0 fully saturated rings. The molecule has 0 saturated carbocycles. The minimum Gasteiger partial charge on any atom is -0.379 e. The topological polar surface area (TPSA) is 117 Å². The van der Waals surface area contributed by atoms with Crippen molar-refractivity contribution in [3.8, 4) is 0 Å². The summed E-state index contributed by atoms with van der Waals surface area (Å²) in [4.78, 5) is 2.46. The molecule has 13 nitrogen and oxygen atoms in total. The van der Waals surface area contributed by atoms with E-state index >= 15 is 0 Å². The van der Waals surface area contributed by atoms with E-state index in [1.165, 1.54) is 0 Å². The quantitative estimate of drug-likeness (QED) is 0.0891. The van der Waals surface area contributed by atoms with Crippen LogP contribution in [0, 0.1) is 0 Å². The standard InChI is InChI=1S/C39H82N2O11/c1-36(2,3)41(14-18-45-22-24-46-25-26-47-27-28-48-29-30-50-32-34-52-38(7,8)9)35-39(10,11)40-13-17-44-21-19-42-15-12-16-43-20-23-49-31-33-51-37(4,5)6/h40H,12-35H2,1-11H3. The molecule has 52 heavy (non-hydrogen) atoms. The fourth-order valence-corrected chi connectivity index (χ4v) is 4.52. The van der Waals surface area contributed by atoms with Crippen LogP contribution in [0.15, 0.2) is 0 Å². The first-order valence-corrected chi connectivity index (χ1v) is 19.5. The monoisotopic (exact) mass is 755 g/mol. The smallest absolute Gasteiger partial charge is 0.0707 e. The van der Waals surface area contributed by atoms with E-state index in [1.54, 1.807) is 0 Å². The molecule has 0 bridgehead atoms. The highest BCUT2D eigenvalue weighted by Gasteiger charge is 2.28. The van der Waals surface area contributed by atoms with Gasteiger partial charge in [0.1, 0.15) is 0 Å². The van der Waals surface area contributed by atoms with E-state index < -0.39 is 0 Å². The fraction of sp³-hybridized carbons (Fsp3) is 1.00. The van der Waals surface area contributed by atoms with Crippen molar-refractivity contribution in [1.82, 2.24) is 10.2 Å². The third-order valence-electron chi connectivity index (χ3n) is 7.23. The lowest BCUT2D eigenvalue weighted by molar-refractivity contribution is -0.0465. The highest BCUT2D eigenvalue weighted by atomic mass is 16.6. The first-order chi connectivity index (χ1) is 24.5. The molecule has 314 valence electrons. The molecule has 0 heterocycles. The van der Waals surface area contributed by atoms with Crippen LogP contribution in [-0.2, 0) is 52.1 Å². The Hall–Kier alpha value is -0.520. The molecule has 0 aromatic carbocycles. The summed E-state index contributed by atoms with van der Waals surface area (Å²) in [5, 5.41) is 3.65. The number of nitrogens with zero attached hydrogens (tertiary/aromatic N) is 1. The molecule has 0 aromatic rings. The zero-order chi connectivity index (χ0) is 39.0. The molecule has 0 radical (unpaired) electrons. The Balaban J connectivity index is 3.70. The van der Waals surface area contributed by atoms with Crippen molar-refractivity contribution in [2.45, 2.75) is 105 Å². The summed E-state index contributed by atoms with van der Waals surface area (Å²) < 4.78 is 61.9. The molecule has 0 saturated heterocycles. The van der Waals surface area contributed by atoms with E-state index in [9.17, 15) is 0 Å². The lowest BCUT2D eigenvalue weighted by Gasteiger charge is -2.41. The van der Waals surface area contributed by atoms with Crippen LogP contribution in [0.1, 0.15) is 82.6 Å². The molecular weight excluding hydrogens is 672 g/mol. The molecule has 0 unspecified atom stereocenters. The highest BCUT2D eigenvalue weighted by Crippen LogP contribution is 2.17. The van der Waals surface area contributed by atoms with Gasteiger partial charge in [0.2, 0.25) is 0 Å². The van der Waals surface area contributed by atoms with Gasteiger partial charge in [0.25, 0.3) is 0 Å². The van der Waals surface area contributed by atoms with Crippen molar-refractivity contribution in [2.75, 3.05) is 152 Å². The van der Waals surface area contributed by atoms with Gasteiger partial charge in [0.05, 0.1) is 130 Å². The number of hydrogen-bond acceptors (Lipinski definition) is 13. The molecule has 0 spiro atoms. The number of ether oxygens (including phenoxy) is 11. The third kappa shape index (κ3) is 39.2. The summed E-state index contributed by atoms with van der Waals surface area (Å²) in [6.45, 7) is 37.5. The second-order valence-corrected chi connectivity index (χ2v) is 16.2. The van der Waals surface area contributed by atoms with Gasteiger partial charge < -0.3 is 57.4 Å². The summed E-state index contributed by atoms with van der Waals surface area (Å²) >= 11 is 0. The van der Waals surface area contributed by atoms with E-state index in [2.05, 4.69) is 44.8 Å². The van der Waals surface area contributed by atoms with Crippen molar-refractivity contribution >= 4 is 0 Å². The van der Waals surface area contributed by atoms with E-state index in [1.807, 2.05) is 41.5 Å². The predicted octanol–water partition coefficient (Wildman–Crippen LogP) is 4.62. The van der Waals surface area contributed by atoms with Gasteiger partial charge in [-0.1, -0.05) is 0 Å². The predicted molar refractivity (Wildman–Crippen MR) is 207 cm³/mol. The average Bonchev–Trinajstić information content (AvgIpc) is 3.03. The fourth-order valence-electron chi connectivity index (χ4n) is 4.52. The van der Waals surface area contributed by atoms with Gasteiger partial charge in [-0.15, -0.1) is 0 Å². The summed E-state index contributed by atoms with van der Waals surface area (Å²) in [5.41, 5.74) is -0.327. The summed E-state index contributed by atoms with van der Waals surface area (Å²) in [5.74, 6) is 0. The first kappa shape index (κ1) is 51.5. The molecule has 13 heteroatoms. The molecule has 0 amide bonds.